The van der Waals surface area contributed by atoms with Crippen LogP contribution in [0.2, 0.25) is 0 Å². The third-order valence-corrected chi connectivity index (χ3v) is 4.78. The quantitative estimate of drug-likeness (QED) is 0.740. The average molecular weight is 308 g/mol. The number of nitrogens with zero attached hydrogens (tertiary/aromatic N) is 1. The first-order valence-electron chi connectivity index (χ1n) is 6.58. The van der Waals surface area contributed by atoms with Gasteiger partial charge >= 0.3 is 0 Å². The summed E-state index contributed by atoms with van der Waals surface area (Å²) in [4.78, 5) is 0.210. The van der Waals surface area contributed by atoms with Crippen LogP contribution in [0.5, 0.6) is 0 Å². The molecule has 5 heteroatoms. The van der Waals surface area contributed by atoms with E-state index in [4.69, 9.17) is 0 Å². The van der Waals surface area contributed by atoms with E-state index in [9.17, 15) is 8.42 Å². The van der Waals surface area contributed by atoms with E-state index in [2.05, 4.69) is 22.0 Å². The molecule has 0 aliphatic carbocycles. The van der Waals surface area contributed by atoms with Gasteiger partial charge in [0, 0.05) is 5.56 Å². The van der Waals surface area contributed by atoms with E-state index in [0.29, 0.717) is 5.56 Å². The van der Waals surface area contributed by atoms with Gasteiger partial charge in [-0.2, -0.15) is 5.10 Å². The van der Waals surface area contributed by atoms with Gasteiger partial charge in [0.2, 0.25) is 9.84 Å². The maximum atomic E-state index is 12.6. The Morgan fingerprint density at radius 3 is 2.18 bits per heavy atom. The predicted octanol–water partition coefficient (Wildman–Crippen LogP) is 2.64. The standard InChI is InChI=1S/C17H12N2O2S/c20-22(21,16-9-5-2-6-10-16)17-15(13-18-19-17)12-11-14-7-3-1-4-8-14/h1-10,13H,(H,18,19). The van der Waals surface area contributed by atoms with Crippen molar-refractivity contribution < 1.29 is 8.42 Å². The molecule has 0 aliphatic rings. The van der Waals surface area contributed by atoms with E-state index in [-0.39, 0.29) is 9.92 Å². The summed E-state index contributed by atoms with van der Waals surface area (Å²) < 4.78 is 25.2. The molecule has 0 amide bonds. The summed E-state index contributed by atoms with van der Waals surface area (Å²) in [5, 5.41) is 6.38. The first kappa shape index (κ1) is 14.1. The van der Waals surface area contributed by atoms with Crippen molar-refractivity contribution in [3.8, 4) is 11.8 Å². The van der Waals surface area contributed by atoms with E-state index < -0.39 is 9.84 Å². The van der Waals surface area contributed by atoms with Crippen molar-refractivity contribution in [1.82, 2.24) is 10.2 Å². The molecule has 0 atom stereocenters. The molecular weight excluding hydrogens is 296 g/mol. The van der Waals surface area contributed by atoms with Crippen LogP contribution in [0.25, 0.3) is 0 Å². The molecule has 4 nitrogen and oxygen atoms in total. The monoisotopic (exact) mass is 308 g/mol. The zero-order valence-electron chi connectivity index (χ0n) is 11.5. The summed E-state index contributed by atoms with van der Waals surface area (Å²) in [7, 11) is -3.65. The van der Waals surface area contributed by atoms with Crippen molar-refractivity contribution in [3.63, 3.8) is 0 Å². The highest BCUT2D eigenvalue weighted by molar-refractivity contribution is 7.91. The second-order valence-corrected chi connectivity index (χ2v) is 6.43. The lowest BCUT2D eigenvalue weighted by molar-refractivity contribution is 0.591. The van der Waals surface area contributed by atoms with Gasteiger partial charge in [-0.1, -0.05) is 48.2 Å². The highest BCUT2D eigenvalue weighted by atomic mass is 32.2. The normalized spacial score (nSPS) is 10.7. The van der Waals surface area contributed by atoms with E-state index in [0.717, 1.165) is 5.56 Å². The van der Waals surface area contributed by atoms with Crippen molar-refractivity contribution in [3.05, 3.63) is 78.0 Å². The zero-order chi connectivity index (χ0) is 15.4. The molecule has 1 N–H and O–H groups in total. The zero-order valence-corrected chi connectivity index (χ0v) is 12.3. The van der Waals surface area contributed by atoms with Crippen LogP contribution in [0.1, 0.15) is 11.1 Å². The fourth-order valence-corrected chi connectivity index (χ4v) is 3.26. The predicted molar refractivity (Wildman–Crippen MR) is 82.9 cm³/mol. The summed E-state index contributed by atoms with van der Waals surface area (Å²) in [6, 6.07) is 17.6. The molecule has 0 saturated heterocycles. The third-order valence-electron chi connectivity index (χ3n) is 3.04. The Hall–Kier alpha value is -2.84. The molecule has 1 heterocycles. The van der Waals surface area contributed by atoms with Gasteiger partial charge in [0.25, 0.3) is 0 Å². The lowest BCUT2D eigenvalue weighted by atomic mass is 10.2. The Labute approximate surface area is 128 Å². The van der Waals surface area contributed by atoms with Gasteiger partial charge in [-0.3, -0.25) is 5.10 Å². The number of rotatable bonds is 2. The van der Waals surface area contributed by atoms with Crippen molar-refractivity contribution in [2.75, 3.05) is 0 Å². The molecule has 22 heavy (non-hydrogen) atoms. The molecule has 0 spiro atoms. The van der Waals surface area contributed by atoms with Gasteiger partial charge in [-0.05, 0) is 24.3 Å². The Bertz CT molecular complexity index is 934. The number of H-pyrrole nitrogens is 1. The van der Waals surface area contributed by atoms with Crippen LogP contribution in [-0.4, -0.2) is 18.6 Å². The van der Waals surface area contributed by atoms with Gasteiger partial charge in [-0.15, -0.1) is 0 Å². The van der Waals surface area contributed by atoms with Gasteiger partial charge in [-0.25, -0.2) is 8.42 Å². The number of aromatic amines is 1. The summed E-state index contributed by atoms with van der Waals surface area (Å²) in [5.74, 6) is 5.80. The summed E-state index contributed by atoms with van der Waals surface area (Å²) in [6.45, 7) is 0. The number of nitrogens with one attached hydrogen (secondary N) is 1. The molecule has 2 aromatic carbocycles. The van der Waals surface area contributed by atoms with E-state index in [1.165, 1.54) is 6.20 Å². The van der Waals surface area contributed by atoms with Crippen LogP contribution in [-0.2, 0) is 9.84 Å². The summed E-state index contributed by atoms with van der Waals surface area (Å²) >= 11 is 0. The van der Waals surface area contributed by atoms with Crippen LogP contribution in [0.3, 0.4) is 0 Å². The fraction of sp³-hybridized carbons (Fsp3) is 0. The summed E-state index contributed by atoms with van der Waals surface area (Å²) in [5.41, 5.74) is 1.17. The molecule has 1 aromatic heterocycles. The average Bonchev–Trinajstić information content (AvgIpc) is 3.04. The molecule has 3 rings (SSSR count). The molecule has 0 fully saturated rings. The topological polar surface area (TPSA) is 62.8 Å². The van der Waals surface area contributed by atoms with Gasteiger partial charge < -0.3 is 0 Å². The third kappa shape index (κ3) is 2.78. The first-order chi connectivity index (χ1) is 10.7. The van der Waals surface area contributed by atoms with E-state index in [1.54, 1.807) is 30.3 Å². The Balaban J connectivity index is 2.02. The van der Waals surface area contributed by atoms with Crippen molar-refractivity contribution in [2.45, 2.75) is 9.92 Å². The highest BCUT2D eigenvalue weighted by Crippen LogP contribution is 2.21. The first-order valence-corrected chi connectivity index (χ1v) is 8.07. The van der Waals surface area contributed by atoms with Crippen LogP contribution < -0.4 is 0 Å². The second-order valence-electron chi connectivity index (χ2n) is 4.55. The van der Waals surface area contributed by atoms with E-state index >= 15 is 0 Å². The molecule has 0 bridgehead atoms. The van der Waals surface area contributed by atoms with Crippen molar-refractivity contribution >= 4 is 9.84 Å². The van der Waals surface area contributed by atoms with Gasteiger partial charge in [0.15, 0.2) is 5.03 Å². The van der Waals surface area contributed by atoms with Crippen LogP contribution in [0.15, 0.2) is 76.8 Å². The maximum absolute atomic E-state index is 12.6. The smallest absolute Gasteiger partial charge is 0.224 e. The molecule has 0 radical (unpaired) electrons. The van der Waals surface area contributed by atoms with Crippen molar-refractivity contribution in [1.29, 1.82) is 0 Å². The fourth-order valence-electron chi connectivity index (χ4n) is 1.95. The van der Waals surface area contributed by atoms with E-state index in [1.807, 2.05) is 30.3 Å². The number of benzene rings is 2. The molecular formula is C17H12N2O2S. The number of sulfone groups is 1. The Kier molecular flexibility index (Phi) is 3.77. The largest absolute Gasteiger partial charge is 0.266 e. The second kappa shape index (κ2) is 5.88. The highest BCUT2D eigenvalue weighted by Gasteiger charge is 2.22. The minimum Gasteiger partial charge on any atom is -0.266 e. The minimum absolute atomic E-state index is 0.0159. The lowest BCUT2D eigenvalue weighted by Gasteiger charge is -2.01. The van der Waals surface area contributed by atoms with Crippen LogP contribution >= 0.6 is 0 Å². The number of aromatic nitrogens is 2. The molecule has 108 valence electrons. The minimum atomic E-state index is -3.65. The SMILES string of the molecule is O=S(=O)(c1ccccc1)c1[nH]ncc1C#Cc1ccccc1. The lowest BCUT2D eigenvalue weighted by Crippen LogP contribution is -2.04. The van der Waals surface area contributed by atoms with Gasteiger partial charge in [0.1, 0.15) is 0 Å². The molecule has 0 aliphatic heterocycles. The maximum Gasteiger partial charge on any atom is 0.224 e. The Morgan fingerprint density at radius 2 is 1.50 bits per heavy atom. The van der Waals surface area contributed by atoms with Crippen LogP contribution in [0.4, 0.5) is 0 Å². The van der Waals surface area contributed by atoms with Gasteiger partial charge in [0.05, 0.1) is 16.7 Å². The molecule has 0 saturated carbocycles. The number of hydrogen-bond acceptors (Lipinski definition) is 3. The summed E-state index contributed by atoms with van der Waals surface area (Å²) in [6.07, 6.45) is 1.42. The van der Waals surface area contributed by atoms with Crippen molar-refractivity contribution in [2.24, 2.45) is 0 Å². The number of hydrogen-bond donors (Lipinski definition) is 1. The van der Waals surface area contributed by atoms with Crippen LogP contribution in [0, 0.1) is 11.8 Å². The Morgan fingerprint density at radius 1 is 0.864 bits per heavy atom. The molecule has 3 aromatic rings. The molecule has 0 unspecified atom stereocenters.